The zero-order valence-corrected chi connectivity index (χ0v) is 19.3. The SMILES string of the molecule is CCC(=O)C(CCC1CCCC(CCCCc2cccc(O)c2)CC1)c1ccccc1. The molecule has 1 saturated carbocycles. The third-order valence-electron chi connectivity index (χ3n) is 7.25. The van der Waals surface area contributed by atoms with Gasteiger partial charge in [0.15, 0.2) is 0 Å². The fourth-order valence-electron chi connectivity index (χ4n) is 5.35. The van der Waals surface area contributed by atoms with E-state index in [2.05, 4.69) is 30.3 Å². The highest BCUT2D eigenvalue weighted by molar-refractivity contribution is 5.85. The van der Waals surface area contributed by atoms with Gasteiger partial charge < -0.3 is 5.11 Å². The van der Waals surface area contributed by atoms with E-state index in [0.717, 1.165) is 24.7 Å². The van der Waals surface area contributed by atoms with Gasteiger partial charge in [-0.3, -0.25) is 4.79 Å². The number of phenolic OH excluding ortho intramolecular Hbond substituents is 1. The summed E-state index contributed by atoms with van der Waals surface area (Å²) in [6.45, 7) is 2.00. The van der Waals surface area contributed by atoms with Crippen LogP contribution < -0.4 is 0 Å². The van der Waals surface area contributed by atoms with Crippen molar-refractivity contribution in [2.75, 3.05) is 0 Å². The molecule has 1 fully saturated rings. The fourth-order valence-corrected chi connectivity index (χ4v) is 5.35. The van der Waals surface area contributed by atoms with Gasteiger partial charge in [-0.05, 0) is 60.8 Å². The van der Waals surface area contributed by atoms with Crippen LogP contribution in [0.2, 0.25) is 0 Å². The quantitative estimate of drug-likeness (QED) is 0.297. The molecule has 0 bridgehead atoms. The molecule has 3 atom stereocenters. The van der Waals surface area contributed by atoms with Crippen molar-refractivity contribution in [3.05, 3.63) is 65.7 Å². The zero-order valence-electron chi connectivity index (χ0n) is 19.3. The van der Waals surface area contributed by atoms with Gasteiger partial charge in [-0.15, -0.1) is 0 Å². The summed E-state index contributed by atoms with van der Waals surface area (Å²) in [6, 6.07) is 18.1. The molecule has 1 aliphatic rings. The van der Waals surface area contributed by atoms with E-state index in [1.54, 1.807) is 6.07 Å². The number of aromatic hydroxyl groups is 1. The van der Waals surface area contributed by atoms with E-state index >= 15 is 0 Å². The molecule has 31 heavy (non-hydrogen) atoms. The minimum Gasteiger partial charge on any atom is -0.508 e. The first-order valence-corrected chi connectivity index (χ1v) is 12.5. The van der Waals surface area contributed by atoms with Crippen molar-refractivity contribution in [2.45, 2.75) is 89.9 Å². The highest BCUT2D eigenvalue weighted by Gasteiger charge is 2.23. The second-order valence-corrected chi connectivity index (χ2v) is 9.52. The number of benzene rings is 2. The Morgan fingerprint density at radius 3 is 2.39 bits per heavy atom. The number of hydrogen-bond donors (Lipinski definition) is 1. The van der Waals surface area contributed by atoms with Crippen molar-refractivity contribution in [3.63, 3.8) is 0 Å². The minimum absolute atomic E-state index is 0.0858. The molecule has 0 heterocycles. The lowest BCUT2D eigenvalue weighted by atomic mass is 9.84. The smallest absolute Gasteiger partial charge is 0.140 e. The molecule has 0 radical (unpaired) electrons. The molecule has 2 aromatic carbocycles. The molecular weight excluding hydrogens is 380 g/mol. The number of rotatable bonds is 11. The molecule has 1 aliphatic carbocycles. The maximum Gasteiger partial charge on any atom is 0.140 e. The highest BCUT2D eigenvalue weighted by atomic mass is 16.3. The first kappa shape index (κ1) is 23.6. The summed E-state index contributed by atoms with van der Waals surface area (Å²) in [6.07, 6.45) is 14.5. The molecule has 0 aliphatic heterocycles. The van der Waals surface area contributed by atoms with Gasteiger partial charge in [-0.2, -0.15) is 0 Å². The molecule has 1 N–H and O–H groups in total. The molecule has 0 saturated heterocycles. The van der Waals surface area contributed by atoms with E-state index < -0.39 is 0 Å². The van der Waals surface area contributed by atoms with Gasteiger partial charge in [-0.1, -0.05) is 94.3 Å². The number of phenols is 1. The molecule has 0 spiro atoms. The van der Waals surface area contributed by atoms with E-state index in [4.69, 9.17) is 0 Å². The van der Waals surface area contributed by atoms with Crippen molar-refractivity contribution >= 4 is 5.78 Å². The monoisotopic (exact) mass is 420 g/mol. The van der Waals surface area contributed by atoms with Gasteiger partial charge in [0.2, 0.25) is 0 Å². The van der Waals surface area contributed by atoms with Crippen LogP contribution in [0.25, 0.3) is 0 Å². The van der Waals surface area contributed by atoms with E-state index in [9.17, 15) is 9.90 Å². The number of unbranched alkanes of at least 4 members (excludes halogenated alkanes) is 1. The number of Topliss-reactive ketones (excluding diaryl/α,β-unsaturated/α-hetero) is 1. The van der Waals surface area contributed by atoms with Gasteiger partial charge in [0.05, 0.1) is 0 Å². The van der Waals surface area contributed by atoms with Crippen molar-refractivity contribution < 1.29 is 9.90 Å². The molecule has 0 aromatic heterocycles. The Morgan fingerprint density at radius 2 is 1.68 bits per heavy atom. The fraction of sp³-hybridized carbons (Fsp3) is 0.552. The summed E-state index contributed by atoms with van der Waals surface area (Å²) in [5.41, 5.74) is 2.45. The van der Waals surface area contributed by atoms with Crippen LogP contribution in [0.4, 0.5) is 0 Å². The van der Waals surface area contributed by atoms with Gasteiger partial charge in [0.25, 0.3) is 0 Å². The lowest BCUT2D eigenvalue weighted by Gasteiger charge is -2.20. The molecule has 2 nitrogen and oxygen atoms in total. The molecule has 2 aromatic rings. The van der Waals surface area contributed by atoms with Crippen molar-refractivity contribution in [1.82, 2.24) is 0 Å². The number of carbonyl (C=O) groups excluding carboxylic acids is 1. The van der Waals surface area contributed by atoms with E-state index in [-0.39, 0.29) is 5.92 Å². The molecule has 3 rings (SSSR count). The Kier molecular flexibility index (Phi) is 9.65. The average Bonchev–Trinajstić information content (AvgIpc) is 3.03. The number of ketones is 1. The predicted octanol–water partition coefficient (Wildman–Crippen LogP) is 7.84. The van der Waals surface area contributed by atoms with Crippen molar-refractivity contribution in [2.24, 2.45) is 11.8 Å². The number of carbonyl (C=O) groups is 1. The standard InChI is InChI=1S/C29H40O2/c1-2-29(31)28(26-15-4-3-5-16-26)21-20-24-13-8-12-23(18-19-24)10-6-7-11-25-14-9-17-27(30)22-25/h3-5,9,14-17,22-24,28,30H,2,6-8,10-13,18-21H2,1H3. The van der Waals surface area contributed by atoms with Crippen LogP contribution in [0.15, 0.2) is 54.6 Å². The Hall–Kier alpha value is -2.09. The van der Waals surface area contributed by atoms with E-state index in [1.807, 2.05) is 25.1 Å². The van der Waals surface area contributed by atoms with Gasteiger partial charge >= 0.3 is 0 Å². The van der Waals surface area contributed by atoms with Crippen molar-refractivity contribution in [3.8, 4) is 5.75 Å². The third-order valence-corrected chi connectivity index (χ3v) is 7.25. The van der Waals surface area contributed by atoms with Gasteiger partial charge in [0.1, 0.15) is 11.5 Å². The topological polar surface area (TPSA) is 37.3 Å². The first-order valence-electron chi connectivity index (χ1n) is 12.5. The summed E-state index contributed by atoms with van der Waals surface area (Å²) < 4.78 is 0. The third kappa shape index (κ3) is 7.83. The lowest BCUT2D eigenvalue weighted by Crippen LogP contribution is -2.13. The Bertz CT molecular complexity index is 782. The molecule has 168 valence electrons. The molecule has 2 heteroatoms. The van der Waals surface area contributed by atoms with Crippen LogP contribution in [-0.2, 0) is 11.2 Å². The summed E-state index contributed by atoms with van der Waals surface area (Å²) in [5, 5.41) is 9.60. The molecule has 3 unspecified atom stereocenters. The van der Waals surface area contributed by atoms with Crippen LogP contribution in [0, 0.1) is 11.8 Å². The molecular formula is C29H40O2. The summed E-state index contributed by atoms with van der Waals surface area (Å²) in [4.78, 5) is 12.6. The predicted molar refractivity (Wildman–Crippen MR) is 129 cm³/mol. The first-order chi connectivity index (χ1) is 15.2. The average molecular weight is 421 g/mol. The van der Waals surface area contributed by atoms with Crippen LogP contribution in [0.1, 0.15) is 94.6 Å². The van der Waals surface area contributed by atoms with Crippen LogP contribution in [0.3, 0.4) is 0 Å². The Balaban J connectivity index is 1.39. The van der Waals surface area contributed by atoms with E-state index in [0.29, 0.717) is 18.0 Å². The second-order valence-electron chi connectivity index (χ2n) is 9.52. The van der Waals surface area contributed by atoms with Crippen LogP contribution >= 0.6 is 0 Å². The lowest BCUT2D eigenvalue weighted by molar-refractivity contribution is -0.120. The summed E-state index contributed by atoms with van der Waals surface area (Å²) in [5.74, 6) is 2.51. The largest absolute Gasteiger partial charge is 0.508 e. The van der Waals surface area contributed by atoms with Crippen LogP contribution in [-0.4, -0.2) is 10.9 Å². The summed E-state index contributed by atoms with van der Waals surface area (Å²) >= 11 is 0. The van der Waals surface area contributed by atoms with Crippen LogP contribution in [0.5, 0.6) is 5.75 Å². The number of hydrogen-bond acceptors (Lipinski definition) is 2. The Morgan fingerprint density at radius 1 is 0.935 bits per heavy atom. The van der Waals surface area contributed by atoms with Crippen molar-refractivity contribution in [1.29, 1.82) is 0 Å². The number of aryl methyl sites for hydroxylation is 1. The summed E-state index contributed by atoms with van der Waals surface area (Å²) in [7, 11) is 0. The normalized spacial score (nSPS) is 20.2. The highest BCUT2D eigenvalue weighted by Crippen LogP contribution is 2.35. The maximum absolute atomic E-state index is 12.6. The Labute approximate surface area is 189 Å². The molecule has 0 amide bonds. The zero-order chi connectivity index (χ0) is 21.9. The maximum atomic E-state index is 12.6. The van der Waals surface area contributed by atoms with Gasteiger partial charge in [-0.25, -0.2) is 0 Å². The minimum atomic E-state index is 0.0858. The van der Waals surface area contributed by atoms with Gasteiger partial charge in [0, 0.05) is 12.3 Å². The van der Waals surface area contributed by atoms with E-state index in [1.165, 1.54) is 68.9 Å². The second kappa shape index (κ2) is 12.7.